The van der Waals surface area contributed by atoms with E-state index in [1.165, 1.54) is 7.11 Å². The van der Waals surface area contributed by atoms with Crippen LogP contribution < -0.4 is 14.8 Å². The molecule has 8 nitrogen and oxygen atoms in total. The van der Waals surface area contributed by atoms with Gasteiger partial charge >= 0.3 is 0 Å². The fourth-order valence-electron chi connectivity index (χ4n) is 2.74. The molecule has 0 aliphatic rings. The number of amides is 1. The first kappa shape index (κ1) is 17.9. The highest BCUT2D eigenvalue weighted by atomic mass is 35.5. The molecular formula is C19H16ClN5O3. The summed E-state index contributed by atoms with van der Waals surface area (Å²) in [4.78, 5) is 17.0. The number of hydrogen-bond acceptors (Lipinski definition) is 5. The number of carbonyl (C=O) groups excluding carboxylic acids is 1. The van der Waals surface area contributed by atoms with E-state index in [0.29, 0.717) is 33.5 Å². The molecule has 1 amide bonds. The molecule has 4 aromatic rings. The van der Waals surface area contributed by atoms with Crippen molar-refractivity contribution in [3.05, 3.63) is 59.4 Å². The van der Waals surface area contributed by atoms with Crippen molar-refractivity contribution >= 4 is 29.0 Å². The number of carbonyl (C=O) groups is 1. The number of methoxy groups -OCH3 is 2. The molecule has 3 heterocycles. The number of nitrogens with one attached hydrogen (secondary N) is 2. The fourth-order valence-corrected chi connectivity index (χ4v) is 2.99. The summed E-state index contributed by atoms with van der Waals surface area (Å²) < 4.78 is 12.2. The third kappa shape index (κ3) is 3.37. The number of benzene rings is 1. The lowest BCUT2D eigenvalue weighted by Crippen LogP contribution is -2.12. The van der Waals surface area contributed by atoms with Crippen LogP contribution in [0.3, 0.4) is 0 Å². The van der Waals surface area contributed by atoms with E-state index in [-0.39, 0.29) is 5.91 Å². The number of anilines is 1. The Bertz CT molecular complexity index is 1170. The number of imidazole rings is 1. The summed E-state index contributed by atoms with van der Waals surface area (Å²) in [5, 5.41) is 10.1. The summed E-state index contributed by atoms with van der Waals surface area (Å²) in [5.41, 5.74) is 2.53. The van der Waals surface area contributed by atoms with E-state index >= 15 is 0 Å². The smallest absolute Gasteiger partial charge is 0.256 e. The molecule has 0 aliphatic carbocycles. The van der Waals surface area contributed by atoms with Crippen LogP contribution in [0.25, 0.3) is 17.0 Å². The van der Waals surface area contributed by atoms with Crippen molar-refractivity contribution < 1.29 is 14.3 Å². The molecule has 0 spiro atoms. The van der Waals surface area contributed by atoms with E-state index in [1.54, 1.807) is 31.4 Å². The molecule has 0 unspecified atom stereocenters. The van der Waals surface area contributed by atoms with E-state index < -0.39 is 0 Å². The molecule has 28 heavy (non-hydrogen) atoms. The zero-order valence-electron chi connectivity index (χ0n) is 15.1. The van der Waals surface area contributed by atoms with Gasteiger partial charge in [0.15, 0.2) is 5.82 Å². The highest BCUT2D eigenvalue weighted by Crippen LogP contribution is 2.26. The molecule has 142 valence electrons. The average molecular weight is 398 g/mol. The van der Waals surface area contributed by atoms with Crippen LogP contribution in [0.5, 0.6) is 11.5 Å². The number of rotatable bonds is 5. The summed E-state index contributed by atoms with van der Waals surface area (Å²) >= 11 is 6.07. The Morgan fingerprint density at radius 3 is 2.75 bits per heavy atom. The first-order chi connectivity index (χ1) is 13.6. The summed E-state index contributed by atoms with van der Waals surface area (Å²) in [6.07, 6.45) is 3.68. The molecule has 0 bridgehead atoms. The van der Waals surface area contributed by atoms with E-state index in [1.807, 2.05) is 28.9 Å². The van der Waals surface area contributed by atoms with Gasteiger partial charge in [-0.05, 0) is 30.3 Å². The topological polar surface area (TPSA) is 93.5 Å². The van der Waals surface area contributed by atoms with Gasteiger partial charge in [0.05, 0.1) is 31.1 Å². The van der Waals surface area contributed by atoms with E-state index in [4.69, 9.17) is 21.1 Å². The van der Waals surface area contributed by atoms with Crippen molar-refractivity contribution in [3.8, 4) is 22.9 Å². The second-order valence-corrected chi connectivity index (χ2v) is 6.34. The van der Waals surface area contributed by atoms with Gasteiger partial charge in [0.2, 0.25) is 0 Å². The molecule has 0 radical (unpaired) electrons. The number of hydrogen-bond donors (Lipinski definition) is 2. The number of aromatic amines is 1. The van der Waals surface area contributed by atoms with Gasteiger partial charge in [-0.25, -0.2) is 4.98 Å². The second-order valence-electron chi connectivity index (χ2n) is 5.93. The van der Waals surface area contributed by atoms with Gasteiger partial charge in [0, 0.05) is 17.8 Å². The van der Waals surface area contributed by atoms with E-state index in [2.05, 4.69) is 20.5 Å². The van der Waals surface area contributed by atoms with Gasteiger partial charge in [-0.3, -0.25) is 9.89 Å². The average Bonchev–Trinajstić information content (AvgIpc) is 3.33. The van der Waals surface area contributed by atoms with Gasteiger partial charge in [0.1, 0.15) is 22.8 Å². The van der Waals surface area contributed by atoms with E-state index in [9.17, 15) is 4.79 Å². The van der Waals surface area contributed by atoms with Crippen LogP contribution in [0.15, 0.2) is 48.8 Å². The Kier molecular flexibility index (Phi) is 4.62. The predicted octanol–water partition coefficient (Wildman–Crippen LogP) is 3.65. The van der Waals surface area contributed by atoms with Crippen LogP contribution in [0.4, 0.5) is 5.82 Å². The van der Waals surface area contributed by atoms with E-state index in [0.717, 1.165) is 11.4 Å². The van der Waals surface area contributed by atoms with Crippen LogP contribution in [0.2, 0.25) is 5.02 Å². The first-order valence-electron chi connectivity index (χ1n) is 8.31. The number of pyridine rings is 1. The third-order valence-corrected chi connectivity index (χ3v) is 4.46. The van der Waals surface area contributed by atoms with Gasteiger partial charge in [-0.2, -0.15) is 5.10 Å². The lowest BCUT2D eigenvalue weighted by Gasteiger charge is -2.05. The number of nitrogens with zero attached hydrogens (tertiary/aromatic N) is 3. The van der Waals surface area contributed by atoms with Crippen molar-refractivity contribution in [3.63, 3.8) is 0 Å². The number of ether oxygens (including phenoxy) is 2. The zero-order chi connectivity index (χ0) is 19.7. The Labute approximate surface area is 165 Å². The summed E-state index contributed by atoms with van der Waals surface area (Å²) in [6.45, 7) is 0. The lowest BCUT2D eigenvalue weighted by molar-refractivity contribution is 0.102. The van der Waals surface area contributed by atoms with Crippen LogP contribution in [0, 0.1) is 0 Å². The van der Waals surface area contributed by atoms with Crippen molar-refractivity contribution in [1.29, 1.82) is 0 Å². The summed E-state index contributed by atoms with van der Waals surface area (Å²) in [5.74, 6) is 1.28. The Balaban J connectivity index is 1.54. The van der Waals surface area contributed by atoms with Gasteiger partial charge < -0.3 is 19.2 Å². The van der Waals surface area contributed by atoms with Crippen LogP contribution in [0.1, 0.15) is 10.4 Å². The van der Waals surface area contributed by atoms with Crippen molar-refractivity contribution in [2.24, 2.45) is 0 Å². The Hall–Kier alpha value is -3.52. The number of fused-ring (bicyclic) bond motifs is 1. The lowest BCUT2D eigenvalue weighted by atomic mass is 10.2. The molecule has 2 N–H and O–H groups in total. The molecule has 0 saturated carbocycles. The molecule has 0 atom stereocenters. The molecular weight excluding hydrogens is 382 g/mol. The highest BCUT2D eigenvalue weighted by molar-refractivity contribution is 6.32. The Morgan fingerprint density at radius 2 is 2.00 bits per heavy atom. The molecule has 3 aromatic heterocycles. The summed E-state index contributed by atoms with van der Waals surface area (Å²) in [7, 11) is 3.13. The minimum atomic E-state index is -0.331. The molecule has 4 rings (SSSR count). The predicted molar refractivity (Wildman–Crippen MR) is 105 cm³/mol. The van der Waals surface area contributed by atoms with Crippen LogP contribution in [-0.2, 0) is 0 Å². The van der Waals surface area contributed by atoms with Crippen molar-refractivity contribution in [1.82, 2.24) is 19.6 Å². The highest BCUT2D eigenvalue weighted by Gasteiger charge is 2.13. The minimum Gasteiger partial charge on any atom is -0.495 e. The quantitative estimate of drug-likeness (QED) is 0.536. The minimum absolute atomic E-state index is 0.331. The van der Waals surface area contributed by atoms with Gasteiger partial charge in [-0.15, -0.1) is 0 Å². The molecule has 0 fully saturated rings. The maximum atomic E-state index is 12.4. The van der Waals surface area contributed by atoms with Crippen LogP contribution in [-0.4, -0.2) is 39.7 Å². The molecule has 1 aromatic carbocycles. The maximum absolute atomic E-state index is 12.4. The van der Waals surface area contributed by atoms with Crippen molar-refractivity contribution in [2.45, 2.75) is 0 Å². The number of H-pyrrole nitrogens is 1. The normalized spacial score (nSPS) is 10.8. The van der Waals surface area contributed by atoms with Gasteiger partial charge in [0.25, 0.3) is 5.91 Å². The first-order valence-corrected chi connectivity index (χ1v) is 8.68. The third-order valence-electron chi connectivity index (χ3n) is 4.17. The molecule has 9 heteroatoms. The zero-order valence-corrected chi connectivity index (χ0v) is 15.8. The maximum Gasteiger partial charge on any atom is 0.256 e. The second kappa shape index (κ2) is 7.24. The monoisotopic (exact) mass is 397 g/mol. The SMILES string of the molecule is COc1ccc2nc(-c3cc(NC(=O)c4ccc(OC)c(Cl)c4)n[nH]3)cn2c1. The van der Waals surface area contributed by atoms with Crippen molar-refractivity contribution in [2.75, 3.05) is 19.5 Å². The number of aromatic nitrogens is 4. The number of halogens is 1. The fraction of sp³-hybridized carbons (Fsp3) is 0.105. The molecule has 0 saturated heterocycles. The Morgan fingerprint density at radius 1 is 1.14 bits per heavy atom. The van der Waals surface area contributed by atoms with Gasteiger partial charge in [-0.1, -0.05) is 11.6 Å². The van der Waals surface area contributed by atoms with Crippen LogP contribution >= 0.6 is 11.6 Å². The molecule has 0 aliphatic heterocycles. The summed E-state index contributed by atoms with van der Waals surface area (Å²) in [6, 6.07) is 10.2. The standard InChI is InChI=1S/C19H16ClN5O3/c1-27-12-4-6-18-21-15(10-25(18)9-12)14-8-17(24-23-14)22-19(26)11-3-5-16(28-2)13(20)7-11/h3-10H,1-2H3,(H2,22,23,24,26). The largest absolute Gasteiger partial charge is 0.495 e.